The minimum atomic E-state index is -0.425. The van der Waals surface area contributed by atoms with Crippen LogP contribution in [0.5, 0.6) is 0 Å². The lowest BCUT2D eigenvalue weighted by molar-refractivity contribution is -0.384. The standard InChI is InChI=1S/C16H24N4O3.ClH/c17-11-12-3-1-4-15(12)19-16(21)5-2-10-18-13-6-8-14(9-7-13)20(22)23;/h6-9,12,15,18H,1-5,10-11,17H2,(H,19,21);1H. The number of anilines is 1. The van der Waals surface area contributed by atoms with E-state index in [0.717, 1.165) is 24.9 Å². The van der Waals surface area contributed by atoms with Gasteiger partial charge in [-0.2, -0.15) is 0 Å². The Bertz CT molecular complexity index is 539. The van der Waals surface area contributed by atoms with Gasteiger partial charge < -0.3 is 16.4 Å². The number of amides is 1. The number of carbonyl (C=O) groups is 1. The van der Waals surface area contributed by atoms with Gasteiger partial charge in [0.2, 0.25) is 5.91 Å². The van der Waals surface area contributed by atoms with Gasteiger partial charge >= 0.3 is 0 Å². The molecule has 1 fully saturated rings. The molecule has 2 unspecified atom stereocenters. The van der Waals surface area contributed by atoms with E-state index in [1.54, 1.807) is 12.1 Å². The highest BCUT2D eigenvalue weighted by molar-refractivity contribution is 5.85. The number of nitrogens with zero attached hydrogens (tertiary/aromatic N) is 1. The first-order valence-corrected chi connectivity index (χ1v) is 8.08. The molecule has 2 atom stereocenters. The maximum absolute atomic E-state index is 11.9. The Hall–Kier alpha value is -1.86. The van der Waals surface area contributed by atoms with Gasteiger partial charge in [0.25, 0.3) is 5.69 Å². The van der Waals surface area contributed by atoms with Gasteiger partial charge in [0.1, 0.15) is 0 Å². The number of carbonyl (C=O) groups excluding carboxylic acids is 1. The molecule has 7 nitrogen and oxygen atoms in total. The van der Waals surface area contributed by atoms with Crippen molar-refractivity contribution in [2.24, 2.45) is 11.7 Å². The molecular weight excluding hydrogens is 332 g/mol. The van der Waals surface area contributed by atoms with Crippen molar-refractivity contribution in [1.82, 2.24) is 5.32 Å². The first-order valence-electron chi connectivity index (χ1n) is 8.08. The fourth-order valence-electron chi connectivity index (χ4n) is 2.97. The third-order valence-electron chi connectivity index (χ3n) is 4.30. The van der Waals surface area contributed by atoms with E-state index in [1.165, 1.54) is 12.1 Å². The van der Waals surface area contributed by atoms with E-state index in [-0.39, 0.29) is 30.0 Å². The quantitative estimate of drug-likeness (QED) is 0.376. The molecular formula is C16H25ClN4O3. The summed E-state index contributed by atoms with van der Waals surface area (Å²) in [5.41, 5.74) is 6.60. The second kappa shape index (κ2) is 10.1. The van der Waals surface area contributed by atoms with Crippen LogP contribution >= 0.6 is 12.4 Å². The Morgan fingerprint density at radius 2 is 2.00 bits per heavy atom. The van der Waals surface area contributed by atoms with Crippen molar-refractivity contribution in [3.8, 4) is 0 Å². The number of benzene rings is 1. The average Bonchev–Trinajstić information content (AvgIpc) is 2.99. The summed E-state index contributed by atoms with van der Waals surface area (Å²) in [6.07, 6.45) is 4.43. The number of hydrogen-bond acceptors (Lipinski definition) is 5. The van der Waals surface area contributed by atoms with Crippen molar-refractivity contribution >= 4 is 29.7 Å². The smallest absolute Gasteiger partial charge is 0.269 e. The molecule has 8 heteroatoms. The van der Waals surface area contributed by atoms with Gasteiger partial charge in [-0.25, -0.2) is 0 Å². The highest BCUT2D eigenvalue weighted by atomic mass is 35.5. The summed E-state index contributed by atoms with van der Waals surface area (Å²) >= 11 is 0. The van der Waals surface area contributed by atoms with E-state index in [2.05, 4.69) is 10.6 Å². The van der Waals surface area contributed by atoms with E-state index in [9.17, 15) is 14.9 Å². The molecule has 0 heterocycles. The zero-order chi connectivity index (χ0) is 16.7. The van der Waals surface area contributed by atoms with Crippen LogP contribution in [0.25, 0.3) is 0 Å². The number of nitrogens with one attached hydrogen (secondary N) is 2. The van der Waals surface area contributed by atoms with Crippen LogP contribution in [0.1, 0.15) is 32.1 Å². The first-order chi connectivity index (χ1) is 11.1. The fraction of sp³-hybridized carbons (Fsp3) is 0.562. The van der Waals surface area contributed by atoms with Gasteiger partial charge in [-0.1, -0.05) is 6.42 Å². The molecule has 0 spiro atoms. The molecule has 134 valence electrons. The molecule has 2 rings (SSSR count). The van der Waals surface area contributed by atoms with Crippen molar-refractivity contribution in [2.75, 3.05) is 18.4 Å². The van der Waals surface area contributed by atoms with Gasteiger partial charge in [-0.15, -0.1) is 12.4 Å². The van der Waals surface area contributed by atoms with Gasteiger partial charge in [-0.3, -0.25) is 14.9 Å². The lowest BCUT2D eigenvalue weighted by Gasteiger charge is -2.19. The third kappa shape index (κ3) is 5.98. The number of nitrogens with two attached hydrogens (primary N) is 1. The van der Waals surface area contributed by atoms with E-state index in [0.29, 0.717) is 31.8 Å². The number of rotatable bonds is 8. The van der Waals surface area contributed by atoms with Crippen molar-refractivity contribution in [3.05, 3.63) is 34.4 Å². The van der Waals surface area contributed by atoms with Crippen molar-refractivity contribution < 1.29 is 9.72 Å². The third-order valence-corrected chi connectivity index (χ3v) is 4.30. The molecule has 0 bridgehead atoms. The summed E-state index contributed by atoms with van der Waals surface area (Å²) in [6, 6.07) is 6.49. The number of hydrogen-bond donors (Lipinski definition) is 3. The summed E-state index contributed by atoms with van der Waals surface area (Å²) in [4.78, 5) is 22.1. The van der Waals surface area contributed by atoms with E-state index in [1.807, 2.05) is 0 Å². The molecule has 0 aromatic heterocycles. The zero-order valence-corrected chi connectivity index (χ0v) is 14.4. The van der Waals surface area contributed by atoms with Gasteiger partial charge in [0.05, 0.1) is 4.92 Å². The summed E-state index contributed by atoms with van der Waals surface area (Å²) in [5.74, 6) is 0.484. The molecule has 1 aromatic carbocycles. The lowest BCUT2D eigenvalue weighted by atomic mass is 10.0. The summed E-state index contributed by atoms with van der Waals surface area (Å²) in [7, 11) is 0. The SMILES string of the molecule is Cl.NCC1CCCC1NC(=O)CCCNc1ccc([N+](=O)[O-])cc1. The second-order valence-corrected chi connectivity index (χ2v) is 5.94. The maximum atomic E-state index is 11.9. The molecule has 0 aliphatic heterocycles. The predicted octanol–water partition coefficient (Wildman–Crippen LogP) is 2.45. The molecule has 0 saturated heterocycles. The average molecular weight is 357 g/mol. The van der Waals surface area contributed by atoms with E-state index in [4.69, 9.17) is 5.73 Å². The number of nitro groups is 1. The van der Waals surface area contributed by atoms with Crippen LogP contribution in [0.4, 0.5) is 11.4 Å². The largest absolute Gasteiger partial charge is 0.385 e. The molecule has 1 aliphatic carbocycles. The summed E-state index contributed by atoms with van der Waals surface area (Å²) in [6.45, 7) is 1.28. The van der Waals surface area contributed by atoms with Crippen LogP contribution in [0.3, 0.4) is 0 Å². The van der Waals surface area contributed by atoms with Crippen LogP contribution < -0.4 is 16.4 Å². The summed E-state index contributed by atoms with van der Waals surface area (Å²) in [5, 5.41) is 16.8. The van der Waals surface area contributed by atoms with E-state index >= 15 is 0 Å². The molecule has 0 radical (unpaired) electrons. The van der Waals surface area contributed by atoms with Crippen molar-refractivity contribution in [2.45, 2.75) is 38.1 Å². The van der Waals surface area contributed by atoms with Crippen LogP contribution in [0.2, 0.25) is 0 Å². The Morgan fingerprint density at radius 1 is 1.29 bits per heavy atom. The van der Waals surface area contributed by atoms with Crippen LogP contribution in [0, 0.1) is 16.0 Å². The molecule has 1 aromatic rings. The van der Waals surface area contributed by atoms with Crippen LogP contribution in [-0.2, 0) is 4.79 Å². The topological polar surface area (TPSA) is 110 Å². The second-order valence-electron chi connectivity index (χ2n) is 5.94. The molecule has 1 saturated carbocycles. The van der Waals surface area contributed by atoms with Gasteiger partial charge in [-0.05, 0) is 43.9 Å². The van der Waals surface area contributed by atoms with Crippen molar-refractivity contribution in [1.29, 1.82) is 0 Å². The van der Waals surface area contributed by atoms with Gasteiger partial charge in [0.15, 0.2) is 0 Å². The zero-order valence-electron chi connectivity index (χ0n) is 13.6. The lowest BCUT2D eigenvalue weighted by Crippen LogP contribution is -2.39. The molecule has 1 aliphatic rings. The van der Waals surface area contributed by atoms with Crippen LogP contribution in [-0.4, -0.2) is 30.0 Å². The predicted molar refractivity (Wildman–Crippen MR) is 96.4 cm³/mol. The number of nitro benzene ring substituents is 1. The summed E-state index contributed by atoms with van der Waals surface area (Å²) < 4.78 is 0. The minimum Gasteiger partial charge on any atom is -0.385 e. The molecule has 24 heavy (non-hydrogen) atoms. The highest BCUT2D eigenvalue weighted by Gasteiger charge is 2.26. The minimum absolute atomic E-state index is 0. The maximum Gasteiger partial charge on any atom is 0.269 e. The number of non-ortho nitro benzene ring substituents is 1. The van der Waals surface area contributed by atoms with Crippen molar-refractivity contribution in [3.63, 3.8) is 0 Å². The Balaban J connectivity index is 0.00000288. The Labute approximate surface area is 147 Å². The molecule has 1 amide bonds. The number of halogens is 1. The molecule has 4 N–H and O–H groups in total. The Morgan fingerprint density at radius 3 is 2.62 bits per heavy atom. The van der Waals surface area contributed by atoms with Gasteiger partial charge in [0, 0.05) is 36.8 Å². The normalized spacial score (nSPS) is 19.4. The fourth-order valence-corrected chi connectivity index (χ4v) is 2.97. The van der Waals surface area contributed by atoms with Crippen LogP contribution in [0.15, 0.2) is 24.3 Å². The highest BCUT2D eigenvalue weighted by Crippen LogP contribution is 2.24. The first kappa shape index (κ1) is 20.2. The van der Waals surface area contributed by atoms with E-state index < -0.39 is 4.92 Å². The monoisotopic (exact) mass is 356 g/mol. The Kier molecular flexibility index (Phi) is 8.49.